The molecule has 0 saturated carbocycles. The molecule has 0 unspecified atom stereocenters. The molecule has 0 aromatic carbocycles. The van der Waals surface area contributed by atoms with E-state index in [0.29, 0.717) is 24.4 Å². The normalized spacial score (nSPS) is 11.0. The van der Waals surface area contributed by atoms with Crippen LogP contribution >= 0.6 is 0 Å². The van der Waals surface area contributed by atoms with Crippen LogP contribution in [0.2, 0.25) is 0 Å². The lowest BCUT2D eigenvalue weighted by Crippen LogP contribution is -2.26. The Labute approximate surface area is 136 Å². The molecule has 0 atom stereocenters. The van der Waals surface area contributed by atoms with E-state index in [0.717, 1.165) is 17.0 Å². The molecule has 24 heavy (non-hydrogen) atoms. The number of fused-ring (bicyclic) bond motifs is 1. The van der Waals surface area contributed by atoms with Crippen molar-refractivity contribution >= 4 is 11.6 Å². The van der Waals surface area contributed by atoms with Crippen LogP contribution in [0.15, 0.2) is 53.4 Å². The van der Waals surface area contributed by atoms with E-state index in [9.17, 15) is 4.79 Å². The van der Waals surface area contributed by atoms with E-state index in [1.165, 1.54) is 0 Å². The first-order chi connectivity index (χ1) is 11.8. The van der Waals surface area contributed by atoms with E-state index in [4.69, 9.17) is 4.42 Å². The first-order valence-electron chi connectivity index (χ1n) is 7.46. The van der Waals surface area contributed by atoms with E-state index in [1.54, 1.807) is 23.0 Å². The number of hydrogen-bond donors (Lipinski definition) is 2. The Morgan fingerprint density at radius 2 is 2.29 bits per heavy atom. The highest BCUT2D eigenvalue weighted by molar-refractivity contribution is 5.92. The van der Waals surface area contributed by atoms with E-state index in [2.05, 4.69) is 25.6 Å². The van der Waals surface area contributed by atoms with Gasteiger partial charge in [-0.1, -0.05) is 0 Å². The van der Waals surface area contributed by atoms with Crippen LogP contribution in [0.25, 0.3) is 17.1 Å². The van der Waals surface area contributed by atoms with Gasteiger partial charge >= 0.3 is 0 Å². The Kier molecular flexibility index (Phi) is 3.54. The molecular formula is C16H14N6O2. The smallest absolute Gasteiger partial charge is 0.269 e. The fourth-order valence-electron chi connectivity index (χ4n) is 2.39. The summed E-state index contributed by atoms with van der Waals surface area (Å²) in [6, 6.07) is 9.06. The standard InChI is InChI=1S/C16H14N6O2/c23-16(13-4-7-18-20-13)17-6-3-11-10-15-19-12(5-8-22(15)21-11)14-2-1-9-24-14/h1-2,4-5,7-10H,3,6H2,(H,17,23)(H,18,20). The lowest BCUT2D eigenvalue weighted by atomic mass is 10.3. The Balaban J connectivity index is 1.44. The van der Waals surface area contributed by atoms with Crippen molar-refractivity contribution < 1.29 is 9.21 Å². The van der Waals surface area contributed by atoms with Crippen LogP contribution in [-0.4, -0.2) is 37.2 Å². The molecule has 0 aliphatic heterocycles. The largest absolute Gasteiger partial charge is 0.463 e. The highest BCUT2D eigenvalue weighted by Crippen LogP contribution is 2.18. The summed E-state index contributed by atoms with van der Waals surface area (Å²) in [6.45, 7) is 0.479. The van der Waals surface area contributed by atoms with Gasteiger partial charge in [0.15, 0.2) is 11.4 Å². The van der Waals surface area contributed by atoms with Crippen LogP contribution in [0, 0.1) is 0 Å². The molecule has 8 heteroatoms. The molecule has 2 N–H and O–H groups in total. The van der Waals surface area contributed by atoms with Crippen LogP contribution in [0.3, 0.4) is 0 Å². The zero-order valence-electron chi connectivity index (χ0n) is 12.6. The second-order valence-corrected chi connectivity index (χ2v) is 5.20. The summed E-state index contributed by atoms with van der Waals surface area (Å²) in [5.74, 6) is 0.529. The second-order valence-electron chi connectivity index (χ2n) is 5.20. The van der Waals surface area contributed by atoms with Crippen LogP contribution in [0.1, 0.15) is 16.2 Å². The molecule has 0 aliphatic carbocycles. The zero-order chi connectivity index (χ0) is 16.4. The number of aromatic amines is 1. The number of nitrogens with zero attached hydrogens (tertiary/aromatic N) is 4. The van der Waals surface area contributed by atoms with Gasteiger partial charge in [-0.2, -0.15) is 10.2 Å². The average molecular weight is 322 g/mol. The maximum Gasteiger partial charge on any atom is 0.269 e. The van der Waals surface area contributed by atoms with Gasteiger partial charge in [0.25, 0.3) is 5.91 Å². The third-order valence-corrected chi connectivity index (χ3v) is 3.56. The molecule has 0 saturated heterocycles. The van der Waals surface area contributed by atoms with E-state index < -0.39 is 0 Å². The summed E-state index contributed by atoms with van der Waals surface area (Å²) >= 11 is 0. The molecule has 0 bridgehead atoms. The van der Waals surface area contributed by atoms with Crippen molar-refractivity contribution in [3.8, 4) is 11.5 Å². The van der Waals surface area contributed by atoms with Gasteiger partial charge in [-0.05, 0) is 24.3 Å². The van der Waals surface area contributed by atoms with Crippen LogP contribution in [0.5, 0.6) is 0 Å². The number of furan rings is 1. The highest BCUT2D eigenvalue weighted by atomic mass is 16.3. The summed E-state index contributed by atoms with van der Waals surface area (Å²) < 4.78 is 7.06. The topological polar surface area (TPSA) is 101 Å². The molecule has 0 radical (unpaired) electrons. The molecule has 4 rings (SSSR count). The molecule has 4 heterocycles. The molecular weight excluding hydrogens is 308 g/mol. The summed E-state index contributed by atoms with van der Waals surface area (Å²) in [4.78, 5) is 16.3. The van der Waals surface area contributed by atoms with Crippen molar-refractivity contribution in [1.29, 1.82) is 0 Å². The number of amides is 1. The molecule has 0 spiro atoms. The summed E-state index contributed by atoms with van der Waals surface area (Å²) in [5, 5.41) is 13.6. The summed E-state index contributed by atoms with van der Waals surface area (Å²) in [7, 11) is 0. The van der Waals surface area contributed by atoms with Crippen molar-refractivity contribution in [2.75, 3.05) is 6.54 Å². The summed E-state index contributed by atoms with van der Waals surface area (Å²) in [5.41, 5.74) is 2.78. The predicted octanol–water partition coefficient (Wildman–Crippen LogP) is 1.68. The maximum absolute atomic E-state index is 11.8. The van der Waals surface area contributed by atoms with Gasteiger partial charge in [0.1, 0.15) is 11.4 Å². The van der Waals surface area contributed by atoms with E-state index in [-0.39, 0.29) is 5.91 Å². The highest BCUT2D eigenvalue weighted by Gasteiger charge is 2.09. The Bertz CT molecular complexity index is 956. The number of H-pyrrole nitrogens is 1. The molecule has 120 valence electrons. The number of aromatic nitrogens is 5. The van der Waals surface area contributed by atoms with Gasteiger partial charge in [0.05, 0.1) is 12.0 Å². The molecule has 4 aromatic heterocycles. The third-order valence-electron chi connectivity index (χ3n) is 3.56. The Morgan fingerprint density at radius 1 is 1.33 bits per heavy atom. The monoisotopic (exact) mass is 322 g/mol. The maximum atomic E-state index is 11.8. The van der Waals surface area contributed by atoms with Gasteiger partial charge in [-0.3, -0.25) is 9.89 Å². The minimum Gasteiger partial charge on any atom is -0.463 e. The number of carbonyl (C=O) groups is 1. The molecule has 0 aliphatic rings. The summed E-state index contributed by atoms with van der Waals surface area (Å²) in [6.07, 6.45) is 5.61. The van der Waals surface area contributed by atoms with Gasteiger partial charge < -0.3 is 9.73 Å². The van der Waals surface area contributed by atoms with Crippen molar-refractivity contribution in [3.05, 3.63) is 60.4 Å². The molecule has 8 nitrogen and oxygen atoms in total. The van der Waals surface area contributed by atoms with Gasteiger partial charge in [-0.15, -0.1) is 0 Å². The lowest BCUT2D eigenvalue weighted by Gasteiger charge is -2.00. The second kappa shape index (κ2) is 5.99. The average Bonchev–Trinajstić information content (AvgIpc) is 3.33. The number of carbonyl (C=O) groups excluding carboxylic acids is 1. The number of rotatable bonds is 5. The lowest BCUT2D eigenvalue weighted by molar-refractivity contribution is 0.0949. The fourth-order valence-corrected chi connectivity index (χ4v) is 2.39. The number of nitrogens with one attached hydrogen (secondary N) is 2. The minimum atomic E-state index is -0.186. The van der Waals surface area contributed by atoms with Crippen LogP contribution in [-0.2, 0) is 6.42 Å². The Hall–Kier alpha value is -3.42. The first-order valence-corrected chi connectivity index (χ1v) is 7.46. The predicted molar refractivity (Wildman–Crippen MR) is 85.3 cm³/mol. The molecule has 0 fully saturated rings. The van der Waals surface area contributed by atoms with Gasteiger partial charge in [0, 0.05) is 31.4 Å². The van der Waals surface area contributed by atoms with E-state index in [1.807, 2.05) is 30.5 Å². The quantitative estimate of drug-likeness (QED) is 0.582. The third kappa shape index (κ3) is 2.76. The van der Waals surface area contributed by atoms with Crippen molar-refractivity contribution in [3.63, 3.8) is 0 Å². The van der Waals surface area contributed by atoms with Crippen molar-refractivity contribution in [2.45, 2.75) is 6.42 Å². The SMILES string of the molecule is O=C(NCCc1cc2nc(-c3ccco3)ccn2n1)c1ccn[nH]1. The molecule has 1 amide bonds. The molecule has 4 aromatic rings. The van der Waals surface area contributed by atoms with Crippen LogP contribution < -0.4 is 5.32 Å². The fraction of sp³-hybridized carbons (Fsp3) is 0.125. The zero-order valence-corrected chi connectivity index (χ0v) is 12.6. The van der Waals surface area contributed by atoms with E-state index >= 15 is 0 Å². The van der Waals surface area contributed by atoms with Crippen LogP contribution in [0.4, 0.5) is 0 Å². The van der Waals surface area contributed by atoms with Crippen molar-refractivity contribution in [2.24, 2.45) is 0 Å². The minimum absolute atomic E-state index is 0.186. The van der Waals surface area contributed by atoms with Gasteiger partial charge in [-0.25, -0.2) is 9.50 Å². The first kappa shape index (κ1) is 14.2. The number of hydrogen-bond acceptors (Lipinski definition) is 5. The van der Waals surface area contributed by atoms with Gasteiger partial charge in [0.2, 0.25) is 0 Å². The van der Waals surface area contributed by atoms with Crippen molar-refractivity contribution in [1.82, 2.24) is 30.1 Å². The Morgan fingerprint density at radius 3 is 3.08 bits per heavy atom.